The molecular weight excluding hydrogens is 296 g/mol. The molecule has 24 heavy (non-hydrogen) atoms. The van der Waals surface area contributed by atoms with Gasteiger partial charge in [-0.1, -0.05) is 48.0 Å². The minimum absolute atomic E-state index is 0.706. The molecule has 0 unspecified atom stereocenters. The van der Waals surface area contributed by atoms with Crippen molar-refractivity contribution >= 4 is 17.5 Å². The lowest BCUT2D eigenvalue weighted by Gasteiger charge is -2.21. The molecule has 1 aromatic heterocycles. The molecule has 0 saturated carbocycles. The number of aromatic nitrogens is 2. The first-order valence-electron chi connectivity index (χ1n) is 8.21. The first-order chi connectivity index (χ1) is 11.8. The van der Waals surface area contributed by atoms with Crippen LogP contribution in [0.3, 0.4) is 0 Å². The van der Waals surface area contributed by atoms with Gasteiger partial charge in [-0.05, 0) is 37.6 Å². The molecule has 1 N–H and O–H groups in total. The van der Waals surface area contributed by atoms with Gasteiger partial charge in [0.25, 0.3) is 0 Å². The molecule has 0 fully saturated rings. The van der Waals surface area contributed by atoms with Gasteiger partial charge in [-0.2, -0.15) is 4.98 Å². The summed E-state index contributed by atoms with van der Waals surface area (Å²) in [5, 5.41) is 3.38. The average Bonchev–Trinajstić information content (AvgIpc) is 2.62. The topological polar surface area (TPSA) is 41.1 Å². The summed E-state index contributed by atoms with van der Waals surface area (Å²) in [7, 11) is 0. The van der Waals surface area contributed by atoms with Crippen LogP contribution in [-0.2, 0) is 6.54 Å². The van der Waals surface area contributed by atoms with Crippen LogP contribution in [0.25, 0.3) is 0 Å². The van der Waals surface area contributed by atoms with Crippen molar-refractivity contribution in [2.45, 2.75) is 20.4 Å². The van der Waals surface area contributed by atoms with Crippen molar-refractivity contribution in [2.24, 2.45) is 0 Å². The van der Waals surface area contributed by atoms with Crippen LogP contribution >= 0.6 is 0 Å². The van der Waals surface area contributed by atoms with E-state index in [1.54, 1.807) is 6.20 Å². The zero-order valence-electron chi connectivity index (χ0n) is 14.1. The third-order valence-electron chi connectivity index (χ3n) is 3.82. The summed E-state index contributed by atoms with van der Waals surface area (Å²) in [5.74, 6) is 1.54. The van der Waals surface area contributed by atoms with E-state index in [9.17, 15) is 0 Å². The maximum atomic E-state index is 4.66. The van der Waals surface area contributed by atoms with Crippen molar-refractivity contribution in [3.63, 3.8) is 0 Å². The number of nitrogens with one attached hydrogen (secondary N) is 1. The number of para-hydroxylation sites is 1. The van der Waals surface area contributed by atoms with E-state index < -0.39 is 0 Å². The normalized spacial score (nSPS) is 10.4. The number of aryl methyl sites for hydroxylation is 1. The molecule has 1 heterocycles. The molecule has 0 aliphatic heterocycles. The Kier molecular flexibility index (Phi) is 5.06. The molecule has 3 aromatic rings. The zero-order valence-corrected chi connectivity index (χ0v) is 14.1. The van der Waals surface area contributed by atoms with Gasteiger partial charge in [0.05, 0.1) is 0 Å². The van der Waals surface area contributed by atoms with Crippen LogP contribution in [0.15, 0.2) is 66.9 Å². The van der Waals surface area contributed by atoms with Gasteiger partial charge in [0, 0.05) is 25.0 Å². The Morgan fingerprint density at radius 2 is 1.83 bits per heavy atom. The lowest BCUT2D eigenvalue weighted by atomic mass is 10.1. The molecule has 3 rings (SSSR count). The fourth-order valence-corrected chi connectivity index (χ4v) is 2.64. The maximum Gasteiger partial charge on any atom is 0.231 e. The van der Waals surface area contributed by atoms with Crippen molar-refractivity contribution in [2.75, 3.05) is 16.8 Å². The molecule has 4 nitrogen and oxygen atoms in total. The highest BCUT2D eigenvalue weighted by Crippen LogP contribution is 2.22. The zero-order chi connectivity index (χ0) is 16.8. The molecule has 0 saturated heterocycles. The summed E-state index contributed by atoms with van der Waals surface area (Å²) >= 11 is 0. The van der Waals surface area contributed by atoms with E-state index in [0.717, 1.165) is 24.6 Å². The highest BCUT2D eigenvalue weighted by molar-refractivity contribution is 5.58. The largest absolute Gasteiger partial charge is 0.366 e. The van der Waals surface area contributed by atoms with Crippen molar-refractivity contribution in [1.82, 2.24) is 9.97 Å². The maximum absolute atomic E-state index is 4.66. The van der Waals surface area contributed by atoms with Crippen molar-refractivity contribution < 1.29 is 0 Å². The molecule has 0 amide bonds. The van der Waals surface area contributed by atoms with E-state index in [2.05, 4.69) is 70.4 Å². The Morgan fingerprint density at radius 1 is 1.00 bits per heavy atom. The number of hydrogen-bond acceptors (Lipinski definition) is 4. The van der Waals surface area contributed by atoms with Crippen molar-refractivity contribution in [1.29, 1.82) is 0 Å². The van der Waals surface area contributed by atoms with Crippen LogP contribution in [0.4, 0.5) is 17.5 Å². The van der Waals surface area contributed by atoms with Gasteiger partial charge in [0.1, 0.15) is 5.82 Å². The number of rotatable bonds is 6. The number of anilines is 3. The summed E-state index contributed by atoms with van der Waals surface area (Å²) in [5.41, 5.74) is 3.60. The fourth-order valence-electron chi connectivity index (χ4n) is 2.64. The van der Waals surface area contributed by atoms with Gasteiger partial charge in [-0.3, -0.25) is 0 Å². The predicted molar refractivity (Wildman–Crippen MR) is 99.7 cm³/mol. The van der Waals surface area contributed by atoms with E-state index >= 15 is 0 Å². The second-order valence-corrected chi connectivity index (χ2v) is 5.66. The number of hydrogen-bond donors (Lipinski definition) is 1. The molecule has 0 atom stereocenters. The molecule has 4 heteroatoms. The molecule has 0 aliphatic rings. The molecule has 2 aromatic carbocycles. The van der Waals surface area contributed by atoms with Crippen LogP contribution in [0.1, 0.15) is 18.1 Å². The van der Waals surface area contributed by atoms with Gasteiger partial charge in [0.15, 0.2) is 0 Å². The van der Waals surface area contributed by atoms with Gasteiger partial charge in [-0.15, -0.1) is 0 Å². The Morgan fingerprint density at radius 3 is 2.58 bits per heavy atom. The van der Waals surface area contributed by atoms with Gasteiger partial charge in [0.2, 0.25) is 5.95 Å². The Hall–Kier alpha value is -2.88. The first kappa shape index (κ1) is 16.0. The minimum atomic E-state index is 0.706. The van der Waals surface area contributed by atoms with Crippen LogP contribution in [0, 0.1) is 6.92 Å². The Balaban J connectivity index is 1.76. The van der Waals surface area contributed by atoms with Gasteiger partial charge < -0.3 is 10.2 Å². The van der Waals surface area contributed by atoms with Crippen LogP contribution < -0.4 is 10.2 Å². The lowest BCUT2D eigenvalue weighted by molar-refractivity contribution is 0.942. The SMILES string of the molecule is CCN(c1ccccc1)c1nccc(NCc2cccc(C)c2)n1. The van der Waals surface area contributed by atoms with Gasteiger partial charge in [-0.25, -0.2) is 4.98 Å². The number of benzene rings is 2. The average molecular weight is 318 g/mol. The van der Waals surface area contributed by atoms with Crippen molar-refractivity contribution in [3.05, 3.63) is 78.0 Å². The quantitative estimate of drug-likeness (QED) is 0.723. The highest BCUT2D eigenvalue weighted by atomic mass is 15.3. The predicted octanol–water partition coefficient (Wildman–Crippen LogP) is 4.56. The van der Waals surface area contributed by atoms with E-state index in [1.165, 1.54) is 11.1 Å². The second-order valence-electron chi connectivity index (χ2n) is 5.66. The molecule has 0 radical (unpaired) electrons. The third-order valence-corrected chi connectivity index (χ3v) is 3.82. The smallest absolute Gasteiger partial charge is 0.231 e. The summed E-state index contributed by atoms with van der Waals surface area (Å²) < 4.78 is 0. The summed E-state index contributed by atoms with van der Waals surface area (Å²) in [6, 6.07) is 20.6. The monoisotopic (exact) mass is 318 g/mol. The van der Waals surface area contributed by atoms with Gasteiger partial charge >= 0.3 is 0 Å². The third kappa shape index (κ3) is 3.90. The van der Waals surface area contributed by atoms with E-state index in [-0.39, 0.29) is 0 Å². The van der Waals surface area contributed by atoms with Crippen LogP contribution in [0.2, 0.25) is 0 Å². The second kappa shape index (κ2) is 7.59. The summed E-state index contributed by atoms with van der Waals surface area (Å²) in [4.78, 5) is 11.2. The molecule has 0 spiro atoms. The Labute approximate surface area is 143 Å². The number of nitrogens with zero attached hydrogens (tertiary/aromatic N) is 3. The van der Waals surface area contributed by atoms with Crippen molar-refractivity contribution in [3.8, 4) is 0 Å². The van der Waals surface area contributed by atoms with E-state index in [1.807, 2.05) is 24.3 Å². The summed E-state index contributed by atoms with van der Waals surface area (Å²) in [6.45, 7) is 5.76. The summed E-state index contributed by atoms with van der Waals surface area (Å²) in [6.07, 6.45) is 1.80. The van der Waals surface area contributed by atoms with Crippen LogP contribution in [0.5, 0.6) is 0 Å². The lowest BCUT2D eigenvalue weighted by Crippen LogP contribution is -2.19. The van der Waals surface area contributed by atoms with E-state index in [0.29, 0.717) is 5.95 Å². The first-order valence-corrected chi connectivity index (χ1v) is 8.21. The molecular formula is C20H22N4. The molecule has 122 valence electrons. The minimum Gasteiger partial charge on any atom is -0.366 e. The molecule has 0 bridgehead atoms. The van der Waals surface area contributed by atoms with E-state index in [4.69, 9.17) is 0 Å². The Bertz CT molecular complexity index is 786. The standard InChI is InChI=1S/C20H22N4/c1-3-24(18-10-5-4-6-11-18)20-21-13-12-19(23-20)22-15-17-9-7-8-16(2)14-17/h4-14H,3,15H2,1-2H3,(H,21,22,23). The highest BCUT2D eigenvalue weighted by Gasteiger charge is 2.10. The molecule has 0 aliphatic carbocycles. The van der Waals surface area contributed by atoms with Crippen LogP contribution in [-0.4, -0.2) is 16.5 Å². The fraction of sp³-hybridized carbons (Fsp3) is 0.200.